The van der Waals surface area contributed by atoms with Crippen LogP contribution in [0.3, 0.4) is 0 Å². The number of carbonyl (C=O) groups is 1. The Morgan fingerprint density at radius 2 is 2.00 bits per heavy atom. The predicted molar refractivity (Wildman–Crippen MR) is 111 cm³/mol. The Morgan fingerprint density at radius 3 is 2.75 bits per heavy atom. The summed E-state index contributed by atoms with van der Waals surface area (Å²) in [6.45, 7) is 2.41. The summed E-state index contributed by atoms with van der Waals surface area (Å²) in [5, 5.41) is 1.65. The van der Waals surface area contributed by atoms with Crippen molar-refractivity contribution in [2.24, 2.45) is 5.73 Å². The summed E-state index contributed by atoms with van der Waals surface area (Å²) in [4.78, 5) is 12.0. The second-order valence-electron chi connectivity index (χ2n) is 6.88. The molecule has 0 fully saturated rings. The highest BCUT2D eigenvalue weighted by molar-refractivity contribution is 6.30. The van der Waals surface area contributed by atoms with Crippen molar-refractivity contribution in [1.82, 2.24) is 4.57 Å². The number of aromatic nitrogens is 1. The molecule has 2 N–H and O–H groups in total. The summed E-state index contributed by atoms with van der Waals surface area (Å²) in [6.07, 6.45) is 1.93. The van der Waals surface area contributed by atoms with Crippen LogP contribution in [0, 0.1) is 11.9 Å². The van der Waals surface area contributed by atoms with Crippen molar-refractivity contribution in [1.29, 1.82) is 0 Å². The number of primary amides is 1. The number of fused-ring (bicyclic) bond motifs is 3. The molecule has 0 atom stereocenters. The number of hydrogen-bond donors (Lipinski definition) is 1. The van der Waals surface area contributed by atoms with Crippen LogP contribution in [0.25, 0.3) is 21.8 Å². The number of amides is 1. The summed E-state index contributed by atoms with van der Waals surface area (Å²) in [7, 11) is 0. The number of nitrogens with two attached hydrogens (primary N) is 1. The molecule has 1 amide bonds. The van der Waals surface area contributed by atoms with Gasteiger partial charge in [-0.3, -0.25) is 4.79 Å². The Labute approximate surface area is 167 Å². The second kappa shape index (κ2) is 7.28. The molecule has 3 nitrogen and oxygen atoms in total. The lowest BCUT2D eigenvalue weighted by molar-refractivity contribution is 0.100. The van der Waals surface area contributed by atoms with Crippen molar-refractivity contribution in [3.63, 3.8) is 0 Å². The van der Waals surface area contributed by atoms with Crippen LogP contribution in [0.15, 0.2) is 48.5 Å². The number of rotatable bonds is 5. The number of benzene rings is 3. The molecule has 4 aromatic rings. The zero-order valence-electron chi connectivity index (χ0n) is 15.4. The Morgan fingerprint density at radius 1 is 1.21 bits per heavy atom. The minimum Gasteiger partial charge on any atom is -0.366 e. The third kappa shape index (κ3) is 3.04. The van der Waals surface area contributed by atoms with Gasteiger partial charge in [0.2, 0.25) is 5.91 Å². The van der Waals surface area contributed by atoms with E-state index in [1.54, 1.807) is 24.3 Å². The first-order valence-electron chi connectivity index (χ1n) is 9.19. The molecule has 0 unspecified atom stereocenters. The van der Waals surface area contributed by atoms with Gasteiger partial charge in [0.1, 0.15) is 5.82 Å². The van der Waals surface area contributed by atoms with Crippen LogP contribution in [0.4, 0.5) is 4.39 Å². The van der Waals surface area contributed by atoms with E-state index in [0.29, 0.717) is 11.1 Å². The average Bonchev–Trinajstić information content (AvgIpc) is 2.99. The lowest BCUT2D eigenvalue weighted by Crippen LogP contribution is -2.11. The van der Waals surface area contributed by atoms with Gasteiger partial charge in [-0.2, -0.15) is 0 Å². The van der Waals surface area contributed by atoms with Gasteiger partial charge >= 0.3 is 0 Å². The van der Waals surface area contributed by atoms with E-state index in [-0.39, 0.29) is 11.6 Å². The second-order valence-corrected chi connectivity index (χ2v) is 7.29. The third-order valence-electron chi connectivity index (χ3n) is 5.02. The van der Waals surface area contributed by atoms with Crippen molar-refractivity contribution >= 4 is 39.3 Å². The largest absolute Gasteiger partial charge is 0.366 e. The van der Waals surface area contributed by atoms with Crippen LogP contribution in [0.5, 0.6) is 0 Å². The number of halogens is 2. The molecule has 0 aliphatic heterocycles. The first-order chi connectivity index (χ1) is 13.5. The van der Waals surface area contributed by atoms with Gasteiger partial charge in [0, 0.05) is 21.9 Å². The molecular weight excluding hydrogens is 375 g/mol. The predicted octanol–water partition coefficient (Wildman–Crippen LogP) is 5.49. The van der Waals surface area contributed by atoms with Crippen molar-refractivity contribution in [2.75, 3.05) is 0 Å². The van der Waals surface area contributed by atoms with Gasteiger partial charge in [0.05, 0.1) is 22.6 Å². The summed E-state index contributed by atoms with van der Waals surface area (Å²) in [6, 6.07) is 17.8. The topological polar surface area (TPSA) is 48.0 Å². The van der Waals surface area contributed by atoms with Crippen LogP contribution < -0.4 is 5.73 Å². The molecule has 4 rings (SSSR count). The first-order valence-corrected chi connectivity index (χ1v) is 9.57. The van der Waals surface area contributed by atoms with E-state index in [1.807, 2.05) is 16.7 Å². The van der Waals surface area contributed by atoms with E-state index < -0.39 is 11.7 Å². The smallest absolute Gasteiger partial charge is 0.249 e. The molecule has 0 spiro atoms. The monoisotopic (exact) mass is 393 g/mol. The van der Waals surface area contributed by atoms with Gasteiger partial charge in [-0.1, -0.05) is 49.2 Å². The Balaban J connectivity index is 2.04. The van der Waals surface area contributed by atoms with Crippen LogP contribution in [0.2, 0.25) is 5.02 Å². The van der Waals surface area contributed by atoms with Gasteiger partial charge in [0.15, 0.2) is 0 Å². The van der Waals surface area contributed by atoms with E-state index >= 15 is 0 Å². The summed E-state index contributed by atoms with van der Waals surface area (Å²) in [5.74, 6) is -0.927. The van der Waals surface area contributed by atoms with Crippen molar-refractivity contribution < 1.29 is 9.18 Å². The van der Waals surface area contributed by atoms with Gasteiger partial charge in [0.25, 0.3) is 0 Å². The van der Waals surface area contributed by atoms with Crippen molar-refractivity contribution in [3.05, 3.63) is 82.1 Å². The van der Waals surface area contributed by atoms with E-state index in [2.05, 4.69) is 19.1 Å². The van der Waals surface area contributed by atoms with E-state index in [4.69, 9.17) is 17.3 Å². The lowest BCUT2D eigenvalue weighted by atomic mass is 10.0. The van der Waals surface area contributed by atoms with Crippen LogP contribution in [-0.2, 0) is 13.0 Å². The molecule has 0 aliphatic carbocycles. The molecule has 5 heteroatoms. The maximum atomic E-state index is 14.6. The lowest BCUT2D eigenvalue weighted by Gasteiger charge is -2.10. The zero-order valence-corrected chi connectivity index (χ0v) is 16.2. The van der Waals surface area contributed by atoms with E-state index in [0.717, 1.165) is 40.2 Å². The van der Waals surface area contributed by atoms with Crippen LogP contribution >= 0.6 is 11.6 Å². The summed E-state index contributed by atoms with van der Waals surface area (Å²) < 4.78 is 16.6. The highest BCUT2D eigenvalue weighted by Crippen LogP contribution is 2.33. The average molecular weight is 394 g/mol. The van der Waals surface area contributed by atoms with E-state index in [9.17, 15) is 9.18 Å². The highest BCUT2D eigenvalue weighted by Gasteiger charge is 2.18. The Bertz CT molecular complexity index is 1210. The van der Waals surface area contributed by atoms with Gasteiger partial charge in [-0.25, -0.2) is 4.39 Å². The van der Waals surface area contributed by atoms with Gasteiger partial charge < -0.3 is 10.3 Å². The molecule has 28 heavy (non-hydrogen) atoms. The zero-order chi connectivity index (χ0) is 19.8. The maximum Gasteiger partial charge on any atom is 0.249 e. The fraction of sp³-hybridized carbons (Fsp3) is 0.174. The fourth-order valence-electron chi connectivity index (χ4n) is 3.75. The molecule has 141 valence electrons. The van der Waals surface area contributed by atoms with Gasteiger partial charge in [-0.05, 0) is 42.3 Å². The number of aryl methyl sites for hydroxylation is 1. The Kier molecular flexibility index (Phi) is 4.82. The molecule has 1 heterocycles. The molecule has 0 aliphatic rings. The molecule has 0 bridgehead atoms. The standard InChI is InChI=1S/C23H19ClFN2O/c1-2-5-14-10-11-16-20(12-14)27(13-15-6-3-8-18(24)22(15)25)19-9-4-7-17(21(16)19)23(26)28/h3-4,6-10,12H,2,5,13H2,1H3,(H2,26,28). The Hall–Kier alpha value is -2.85. The number of carbonyl (C=O) groups excluding carboxylic acids is 1. The molecule has 3 aromatic carbocycles. The molecule has 1 aromatic heterocycles. The van der Waals surface area contributed by atoms with Gasteiger partial charge in [-0.15, -0.1) is 0 Å². The van der Waals surface area contributed by atoms with Crippen molar-refractivity contribution in [2.45, 2.75) is 26.3 Å². The van der Waals surface area contributed by atoms with Crippen molar-refractivity contribution in [3.8, 4) is 0 Å². The van der Waals surface area contributed by atoms with E-state index in [1.165, 1.54) is 6.07 Å². The first kappa shape index (κ1) is 18.5. The summed E-state index contributed by atoms with van der Waals surface area (Å²) in [5.41, 5.74) is 9.39. The molecular formula is C23H19ClFN2O. The molecule has 0 saturated carbocycles. The molecule has 0 saturated heterocycles. The minimum absolute atomic E-state index is 0.0920. The maximum absolute atomic E-state index is 14.6. The van der Waals surface area contributed by atoms with Crippen LogP contribution in [-0.4, -0.2) is 10.5 Å². The number of nitrogens with zero attached hydrogens (tertiary/aromatic N) is 1. The fourth-order valence-corrected chi connectivity index (χ4v) is 3.94. The minimum atomic E-state index is -0.496. The molecule has 1 radical (unpaired) electrons. The SMILES string of the molecule is CCCc1c[c]c2c3c(C(N)=O)cccc3n(Cc3cccc(Cl)c3F)c2c1. The summed E-state index contributed by atoms with van der Waals surface area (Å²) >= 11 is 5.97. The highest BCUT2D eigenvalue weighted by atomic mass is 35.5. The number of hydrogen-bond acceptors (Lipinski definition) is 1. The quantitative estimate of drug-likeness (QED) is 0.479. The third-order valence-corrected chi connectivity index (χ3v) is 5.31. The van der Waals surface area contributed by atoms with Crippen LogP contribution in [0.1, 0.15) is 34.8 Å². The normalized spacial score (nSPS) is 11.4.